The zero-order valence-corrected chi connectivity index (χ0v) is 18.0. The van der Waals surface area contributed by atoms with E-state index in [-0.39, 0.29) is 17.0 Å². The molecule has 0 aliphatic carbocycles. The van der Waals surface area contributed by atoms with Crippen molar-refractivity contribution >= 4 is 28.9 Å². The lowest BCUT2D eigenvalue weighted by atomic mass is 10.0. The Morgan fingerprint density at radius 2 is 1.83 bits per heavy atom. The number of fused-ring (bicyclic) bond motifs is 1. The van der Waals surface area contributed by atoms with Crippen LogP contribution in [0.3, 0.4) is 0 Å². The minimum absolute atomic E-state index is 0.233. The van der Waals surface area contributed by atoms with E-state index >= 15 is 0 Å². The number of nitrogens with one attached hydrogen (secondary N) is 1. The molecule has 35 heavy (non-hydrogen) atoms. The van der Waals surface area contributed by atoms with Crippen molar-refractivity contribution in [2.75, 3.05) is 5.43 Å². The summed E-state index contributed by atoms with van der Waals surface area (Å²) >= 11 is 0. The summed E-state index contributed by atoms with van der Waals surface area (Å²) < 4.78 is 53.7. The predicted octanol–water partition coefficient (Wildman–Crippen LogP) is 5.99. The molecule has 2 heterocycles. The number of anilines is 1. The second-order valence-corrected chi connectivity index (χ2v) is 7.54. The first kappa shape index (κ1) is 23.6. The number of halogens is 4. The third-order valence-corrected chi connectivity index (χ3v) is 5.36. The summed E-state index contributed by atoms with van der Waals surface area (Å²) in [7, 11) is 0. The van der Waals surface area contributed by atoms with Gasteiger partial charge in [0.1, 0.15) is 11.5 Å². The molecule has 4 aromatic rings. The molecular formula is C24H16F4N4O3. The minimum atomic E-state index is -4.73. The van der Waals surface area contributed by atoms with Gasteiger partial charge in [0.15, 0.2) is 0 Å². The molecule has 2 aromatic heterocycles. The van der Waals surface area contributed by atoms with Crippen molar-refractivity contribution in [1.82, 2.24) is 4.40 Å². The van der Waals surface area contributed by atoms with E-state index in [9.17, 15) is 32.5 Å². The number of benzene rings is 2. The molecule has 1 N–H and O–H groups in total. The second-order valence-electron chi connectivity index (χ2n) is 7.54. The number of nitro groups is 1. The van der Waals surface area contributed by atoms with Gasteiger partial charge in [-0.2, -0.15) is 18.3 Å². The highest BCUT2D eigenvalue weighted by atomic mass is 19.4. The Morgan fingerprint density at radius 3 is 2.49 bits per heavy atom. The van der Waals surface area contributed by atoms with Crippen molar-refractivity contribution in [2.45, 2.75) is 13.1 Å². The van der Waals surface area contributed by atoms with E-state index in [1.54, 1.807) is 35.7 Å². The van der Waals surface area contributed by atoms with Crippen LogP contribution >= 0.6 is 0 Å². The van der Waals surface area contributed by atoms with E-state index in [2.05, 4.69) is 10.5 Å². The van der Waals surface area contributed by atoms with Crippen LogP contribution in [0, 0.1) is 22.9 Å². The van der Waals surface area contributed by atoms with Crippen molar-refractivity contribution in [3.05, 3.63) is 111 Å². The zero-order valence-electron chi connectivity index (χ0n) is 18.0. The topological polar surface area (TPSA) is 89.0 Å². The SMILES string of the molecule is Cc1c(/C=N/Nc2ccc(C(F)(F)F)cc2[N+](=O)[O-])c2ccccn2c1C(=O)c1ccc(F)cc1. The largest absolute Gasteiger partial charge is 0.416 e. The molecule has 0 unspecified atom stereocenters. The van der Waals surface area contributed by atoms with E-state index in [1.807, 2.05) is 0 Å². The van der Waals surface area contributed by atoms with Gasteiger partial charge in [-0.25, -0.2) is 4.39 Å². The number of hydrogen-bond donors (Lipinski definition) is 1. The van der Waals surface area contributed by atoms with Crippen molar-refractivity contribution in [1.29, 1.82) is 0 Å². The first-order valence-corrected chi connectivity index (χ1v) is 10.1. The number of carbonyl (C=O) groups is 1. The van der Waals surface area contributed by atoms with E-state index in [4.69, 9.17) is 0 Å². The van der Waals surface area contributed by atoms with Crippen molar-refractivity contribution in [3.8, 4) is 0 Å². The van der Waals surface area contributed by atoms with Gasteiger partial charge in [0.05, 0.1) is 27.9 Å². The van der Waals surface area contributed by atoms with E-state index in [1.165, 1.54) is 30.5 Å². The highest BCUT2D eigenvalue weighted by molar-refractivity contribution is 6.12. The standard InChI is InChI=1S/C24H16F4N4O3/c1-14-18(13-29-30-19-10-7-16(24(26,27)28)12-21(19)32(34)35)20-4-2-3-11-31(20)22(14)23(33)15-5-8-17(25)9-6-15/h2-13,30H,1H3/b29-13+. The van der Waals surface area contributed by atoms with E-state index < -0.39 is 28.2 Å². The highest BCUT2D eigenvalue weighted by Crippen LogP contribution is 2.35. The molecule has 0 amide bonds. The Kier molecular flexibility index (Phi) is 6.08. The van der Waals surface area contributed by atoms with Crippen LogP contribution in [-0.4, -0.2) is 21.3 Å². The lowest BCUT2D eigenvalue weighted by Crippen LogP contribution is -2.07. The number of nitrogens with zero attached hydrogens (tertiary/aromatic N) is 3. The molecule has 0 saturated carbocycles. The summed E-state index contributed by atoms with van der Waals surface area (Å²) in [6.45, 7) is 1.69. The zero-order chi connectivity index (χ0) is 25.3. The fourth-order valence-corrected chi connectivity index (χ4v) is 3.66. The van der Waals surface area contributed by atoms with Crippen LogP contribution in [0.5, 0.6) is 0 Å². The number of pyridine rings is 1. The Hall–Kier alpha value is -4.54. The van der Waals surface area contributed by atoms with Crippen LogP contribution in [0.4, 0.5) is 28.9 Å². The Bertz CT molecular complexity index is 1470. The van der Waals surface area contributed by atoms with E-state index in [0.29, 0.717) is 34.5 Å². The molecule has 0 atom stereocenters. The summed E-state index contributed by atoms with van der Waals surface area (Å²) in [4.78, 5) is 23.5. The lowest BCUT2D eigenvalue weighted by Gasteiger charge is -2.08. The number of alkyl halides is 3. The average Bonchev–Trinajstić information content (AvgIpc) is 3.09. The third kappa shape index (κ3) is 4.60. The number of nitro benzene ring substituents is 1. The van der Waals surface area contributed by atoms with Gasteiger partial charge in [-0.15, -0.1) is 0 Å². The maximum absolute atomic E-state index is 13.3. The molecule has 0 spiro atoms. The van der Waals surface area contributed by atoms with Crippen molar-refractivity contribution in [2.24, 2.45) is 5.10 Å². The van der Waals surface area contributed by atoms with E-state index in [0.717, 1.165) is 6.07 Å². The highest BCUT2D eigenvalue weighted by Gasteiger charge is 2.33. The summed E-state index contributed by atoms with van der Waals surface area (Å²) in [5, 5.41) is 15.3. The molecule has 11 heteroatoms. The first-order valence-electron chi connectivity index (χ1n) is 10.1. The maximum atomic E-state index is 13.3. The Labute approximate surface area is 195 Å². The fourth-order valence-electron chi connectivity index (χ4n) is 3.66. The molecule has 2 aromatic carbocycles. The quantitative estimate of drug-likeness (QED) is 0.120. The minimum Gasteiger partial charge on any atom is -0.313 e. The molecule has 0 saturated heterocycles. The molecule has 0 aliphatic heterocycles. The molecular weight excluding hydrogens is 468 g/mol. The van der Waals surface area contributed by atoms with Gasteiger partial charge in [0.25, 0.3) is 5.69 Å². The first-order chi connectivity index (χ1) is 16.6. The smallest absolute Gasteiger partial charge is 0.313 e. The summed E-state index contributed by atoms with van der Waals surface area (Å²) in [5.74, 6) is -0.829. The normalized spacial score (nSPS) is 11.8. The summed E-state index contributed by atoms with van der Waals surface area (Å²) in [6.07, 6.45) is -1.74. The number of aromatic nitrogens is 1. The lowest BCUT2D eigenvalue weighted by molar-refractivity contribution is -0.384. The van der Waals surface area contributed by atoms with Gasteiger partial charge in [0, 0.05) is 23.4 Å². The summed E-state index contributed by atoms with van der Waals surface area (Å²) in [5.41, 5.74) is 2.48. The predicted molar refractivity (Wildman–Crippen MR) is 121 cm³/mol. The second kappa shape index (κ2) is 9.01. The monoisotopic (exact) mass is 484 g/mol. The molecule has 0 bridgehead atoms. The van der Waals surface area contributed by atoms with Crippen LogP contribution in [0.2, 0.25) is 0 Å². The van der Waals surface area contributed by atoms with Crippen molar-refractivity contribution in [3.63, 3.8) is 0 Å². The van der Waals surface area contributed by atoms with Crippen LogP contribution < -0.4 is 5.43 Å². The fraction of sp³-hybridized carbons (Fsp3) is 0.0833. The van der Waals surface area contributed by atoms with Gasteiger partial charge in [-0.3, -0.25) is 20.3 Å². The number of rotatable bonds is 6. The molecule has 4 rings (SSSR count). The Balaban J connectivity index is 1.71. The number of hydrazone groups is 1. The molecule has 0 fully saturated rings. The number of carbonyl (C=O) groups excluding carboxylic acids is 1. The molecule has 0 radical (unpaired) electrons. The van der Waals surface area contributed by atoms with Gasteiger partial charge >= 0.3 is 6.18 Å². The van der Waals surface area contributed by atoms with Crippen LogP contribution in [-0.2, 0) is 6.18 Å². The summed E-state index contributed by atoms with van der Waals surface area (Å²) in [6, 6.07) is 12.4. The molecule has 178 valence electrons. The molecule has 7 nitrogen and oxygen atoms in total. The Morgan fingerprint density at radius 1 is 1.11 bits per heavy atom. The number of ketones is 1. The average molecular weight is 484 g/mol. The number of hydrogen-bond acceptors (Lipinski definition) is 5. The van der Waals surface area contributed by atoms with Gasteiger partial charge in [-0.1, -0.05) is 6.07 Å². The van der Waals surface area contributed by atoms with Gasteiger partial charge in [-0.05, 0) is 61.0 Å². The van der Waals surface area contributed by atoms with Gasteiger partial charge in [0.2, 0.25) is 5.78 Å². The van der Waals surface area contributed by atoms with Crippen LogP contribution in [0.25, 0.3) is 5.52 Å². The van der Waals surface area contributed by atoms with Gasteiger partial charge < -0.3 is 4.40 Å². The van der Waals surface area contributed by atoms with Crippen molar-refractivity contribution < 1.29 is 27.3 Å². The third-order valence-electron chi connectivity index (χ3n) is 5.36. The van der Waals surface area contributed by atoms with Crippen LogP contribution in [0.1, 0.15) is 32.7 Å². The molecule has 0 aliphatic rings. The maximum Gasteiger partial charge on any atom is 0.416 e. The van der Waals surface area contributed by atoms with Crippen LogP contribution in [0.15, 0.2) is 72.0 Å².